The molecule has 0 saturated heterocycles. The lowest BCUT2D eigenvalue weighted by Crippen LogP contribution is -2.45. The lowest BCUT2D eigenvalue weighted by atomic mass is 9.99. The summed E-state index contributed by atoms with van der Waals surface area (Å²) in [5, 5.41) is 7.11. The van der Waals surface area contributed by atoms with Crippen molar-refractivity contribution in [3.63, 3.8) is 0 Å². The Bertz CT molecular complexity index is 1080. The summed E-state index contributed by atoms with van der Waals surface area (Å²) in [7, 11) is 0. The SMILES string of the molecule is C[C@@H]1Cc2nn3c(c2CN1C(=O)Nc1cc(Cl)c(F)cc1Br)C(=O)N(CC(F)F)CCC3. The molecule has 4 rings (SSSR count). The fourth-order valence-electron chi connectivity index (χ4n) is 4.08. The Morgan fingerprint density at radius 2 is 2.12 bits per heavy atom. The van der Waals surface area contributed by atoms with Gasteiger partial charge in [-0.1, -0.05) is 11.6 Å². The average molecular weight is 535 g/mol. The van der Waals surface area contributed by atoms with Crippen LogP contribution >= 0.6 is 27.5 Å². The van der Waals surface area contributed by atoms with E-state index >= 15 is 0 Å². The summed E-state index contributed by atoms with van der Waals surface area (Å²) < 4.78 is 41.4. The molecule has 12 heteroatoms. The molecule has 2 aliphatic rings. The zero-order valence-corrected chi connectivity index (χ0v) is 19.4. The van der Waals surface area contributed by atoms with Crippen LogP contribution in [0.2, 0.25) is 5.02 Å². The van der Waals surface area contributed by atoms with E-state index in [1.165, 1.54) is 11.0 Å². The van der Waals surface area contributed by atoms with E-state index < -0.39 is 30.7 Å². The Labute approximate surface area is 195 Å². The van der Waals surface area contributed by atoms with Crippen molar-refractivity contribution in [3.8, 4) is 0 Å². The molecule has 2 aromatic rings. The van der Waals surface area contributed by atoms with E-state index in [2.05, 4.69) is 26.3 Å². The number of nitrogens with zero attached hydrogens (tertiary/aromatic N) is 4. The number of hydrogen-bond acceptors (Lipinski definition) is 3. The van der Waals surface area contributed by atoms with Gasteiger partial charge in [0.2, 0.25) is 0 Å². The topological polar surface area (TPSA) is 70.5 Å². The van der Waals surface area contributed by atoms with Gasteiger partial charge in [0.05, 0.1) is 29.5 Å². The summed E-state index contributed by atoms with van der Waals surface area (Å²) in [5.74, 6) is -1.12. The number of hydrogen-bond donors (Lipinski definition) is 1. The van der Waals surface area contributed by atoms with E-state index in [0.717, 1.165) is 11.0 Å². The summed E-state index contributed by atoms with van der Waals surface area (Å²) in [5.41, 5.74) is 1.82. The van der Waals surface area contributed by atoms with Crippen molar-refractivity contribution in [2.45, 2.75) is 45.3 Å². The van der Waals surface area contributed by atoms with Gasteiger partial charge in [0.1, 0.15) is 11.5 Å². The van der Waals surface area contributed by atoms with E-state index in [9.17, 15) is 22.8 Å². The van der Waals surface area contributed by atoms with E-state index in [1.807, 2.05) is 6.92 Å². The van der Waals surface area contributed by atoms with Crippen molar-refractivity contribution in [1.29, 1.82) is 0 Å². The number of anilines is 1. The number of carbonyl (C=O) groups excluding carboxylic acids is 2. The van der Waals surface area contributed by atoms with Gasteiger partial charge in [0.25, 0.3) is 12.3 Å². The molecule has 3 amide bonds. The molecule has 0 bridgehead atoms. The smallest absolute Gasteiger partial charge is 0.322 e. The molecule has 0 saturated carbocycles. The average Bonchev–Trinajstić information content (AvgIpc) is 2.99. The number of fused-ring (bicyclic) bond motifs is 3. The molecule has 1 N–H and O–H groups in total. The minimum absolute atomic E-state index is 0.0957. The zero-order chi connectivity index (χ0) is 23.2. The van der Waals surface area contributed by atoms with Gasteiger partial charge in [0, 0.05) is 35.6 Å². The highest BCUT2D eigenvalue weighted by atomic mass is 79.9. The second kappa shape index (κ2) is 8.93. The van der Waals surface area contributed by atoms with Gasteiger partial charge >= 0.3 is 6.03 Å². The van der Waals surface area contributed by atoms with Gasteiger partial charge in [-0.15, -0.1) is 0 Å². The number of halogens is 5. The van der Waals surface area contributed by atoms with Gasteiger partial charge < -0.3 is 15.1 Å². The maximum Gasteiger partial charge on any atom is 0.322 e. The van der Waals surface area contributed by atoms with E-state index in [1.54, 1.807) is 4.68 Å². The van der Waals surface area contributed by atoms with Gasteiger partial charge in [-0.25, -0.2) is 18.0 Å². The number of rotatable bonds is 3. The number of benzene rings is 1. The number of urea groups is 1. The van der Waals surface area contributed by atoms with Gasteiger partial charge in [-0.2, -0.15) is 5.10 Å². The predicted molar refractivity (Wildman–Crippen MR) is 116 cm³/mol. The van der Waals surface area contributed by atoms with Gasteiger partial charge in [-0.05, 0) is 41.4 Å². The van der Waals surface area contributed by atoms with Crippen LogP contribution in [0.5, 0.6) is 0 Å². The standard InChI is InChI=1S/C20H20BrClF3N5O2/c1-10-5-15-11(18-19(31)28(9-17(24)25)3-2-4-30(18)27-15)8-29(10)20(32)26-16-7-13(22)14(23)6-12(16)21/h6-7,10,17H,2-5,8-9H2,1H3,(H,26,32)/t10-/m1/s1. The fraction of sp³-hybridized carbons (Fsp3) is 0.450. The number of aromatic nitrogens is 2. The van der Waals surface area contributed by atoms with Gasteiger partial charge in [0.15, 0.2) is 0 Å². The molecule has 3 heterocycles. The molecule has 1 aromatic heterocycles. The number of carbonyl (C=O) groups is 2. The highest BCUT2D eigenvalue weighted by Crippen LogP contribution is 2.32. The molecule has 0 fully saturated rings. The summed E-state index contributed by atoms with van der Waals surface area (Å²) >= 11 is 9.03. The fourth-order valence-corrected chi connectivity index (χ4v) is 4.66. The molecule has 172 valence electrons. The Balaban J connectivity index is 1.61. The highest BCUT2D eigenvalue weighted by molar-refractivity contribution is 9.10. The third-order valence-electron chi connectivity index (χ3n) is 5.64. The van der Waals surface area contributed by atoms with Crippen LogP contribution in [0.1, 0.15) is 35.1 Å². The van der Waals surface area contributed by atoms with Crippen LogP contribution in [0.25, 0.3) is 0 Å². The maximum absolute atomic E-state index is 13.6. The first-order valence-corrected chi connectivity index (χ1v) is 11.2. The lowest BCUT2D eigenvalue weighted by Gasteiger charge is -2.33. The number of nitrogens with one attached hydrogen (secondary N) is 1. The highest BCUT2D eigenvalue weighted by Gasteiger charge is 2.36. The van der Waals surface area contributed by atoms with Crippen LogP contribution in [0.15, 0.2) is 16.6 Å². The van der Waals surface area contributed by atoms with Crippen molar-refractivity contribution < 1.29 is 22.8 Å². The first-order valence-electron chi connectivity index (χ1n) is 10.0. The van der Waals surface area contributed by atoms with Gasteiger partial charge in [-0.3, -0.25) is 9.48 Å². The van der Waals surface area contributed by atoms with E-state index in [4.69, 9.17) is 11.6 Å². The summed E-state index contributed by atoms with van der Waals surface area (Å²) in [6, 6.07) is 1.76. The van der Waals surface area contributed by atoms with Crippen molar-refractivity contribution in [2.24, 2.45) is 0 Å². The van der Waals surface area contributed by atoms with Crippen LogP contribution in [0.4, 0.5) is 23.7 Å². The molecule has 0 spiro atoms. The second-order valence-corrected chi connectivity index (χ2v) is 9.11. The molecule has 1 atom stereocenters. The molecular formula is C20H20BrClF3N5O2. The summed E-state index contributed by atoms with van der Waals surface area (Å²) in [6.07, 6.45) is -1.70. The lowest BCUT2D eigenvalue weighted by molar-refractivity contribution is 0.0557. The van der Waals surface area contributed by atoms with Crippen LogP contribution in [0, 0.1) is 5.82 Å². The van der Waals surface area contributed by atoms with Crippen molar-refractivity contribution >= 4 is 45.2 Å². The van der Waals surface area contributed by atoms with Crippen LogP contribution < -0.4 is 5.32 Å². The Morgan fingerprint density at radius 3 is 2.84 bits per heavy atom. The molecule has 1 aromatic carbocycles. The number of alkyl halides is 2. The maximum atomic E-state index is 13.6. The monoisotopic (exact) mass is 533 g/mol. The first-order chi connectivity index (χ1) is 15.2. The molecular weight excluding hydrogens is 515 g/mol. The molecule has 2 aliphatic heterocycles. The third kappa shape index (κ3) is 4.32. The zero-order valence-electron chi connectivity index (χ0n) is 17.0. The van der Waals surface area contributed by atoms with Crippen LogP contribution in [-0.4, -0.2) is 57.1 Å². The van der Waals surface area contributed by atoms with E-state index in [-0.39, 0.29) is 29.8 Å². The second-order valence-electron chi connectivity index (χ2n) is 7.85. The largest absolute Gasteiger partial charge is 0.332 e. The Hall–Kier alpha value is -2.27. The summed E-state index contributed by atoms with van der Waals surface area (Å²) in [6.45, 7) is 1.97. The van der Waals surface area contributed by atoms with Crippen LogP contribution in [0.3, 0.4) is 0 Å². The minimum atomic E-state index is -2.63. The Kier molecular flexibility index (Phi) is 6.39. The number of amides is 3. The summed E-state index contributed by atoms with van der Waals surface area (Å²) in [4.78, 5) is 28.7. The minimum Gasteiger partial charge on any atom is -0.332 e. The van der Waals surface area contributed by atoms with Crippen molar-refractivity contribution in [3.05, 3.63) is 44.4 Å². The molecule has 0 radical (unpaired) electrons. The van der Waals surface area contributed by atoms with Crippen molar-refractivity contribution in [2.75, 3.05) is 18.4 Å². The predicted octanol–water partition coefficient (Wildman–Crippen LogP) is 4.53. The van der Waals surface area contributed by atoms with Crippen molar-refractivity contribution in [1.82, 2.24) is 19.6 Å². The van der Waals surface area contributed by atoms with Crippen LogP contribution in [-0.2, 0) is 19.5 Å². The third-order valence-corrected chi connectivity index (χ3v) is 6.59. The Morgan fingerprint density at radius 1 is 1.38 bits per heavy atom. The molecule has 7 nitrogen and oxygen atoms in total. The quantitative estimate of drug-likeness (QED) is 0.589. The molecule has 0 unspecified atom stereocenters. The number of aryl methyl sites for hydroxylation is 1. The first kappa shape index (κ1) is 22.9. The normalized spacial score (nSPS) is 18.5. The van der Waals surface area contributed by atoms with E-state index in [0.29, 0.717) is 40.8 Å². The molecule has 0 aliphatic carbocycles. The molecule has 32 heavy (non-hydrogen) atoms.